The Morgan fingerprint density at radius 2 is 2.18 bits per heavy atom. The third kappa shape index (κ3) is 3.73. The van der Waals surface area contributed by atoms with E-state index in [-0.39, 0.29) is 0 Å². The van der Waals surface area contributed by atoms with Gasteiger partial charge in [-0.25, -0.2) is 0 Å². The van der Waals surface area contributed by atoms with Gasteiger partial charge in [0.1, 0.15) is 0 Å². The van der Waals surface area contributed by atoms with Crippen LogP contribution in [0.4, 0.5) is 0 Å². The number of unbranched alkanes of at least 4 members (excludes halogenated alkanes) is 3. The fourth-order valence-electron chi connectivity index (χ4n) is 1.43. The van der Waals surface area contributed by atoms with Crippen molar-refractivity contribution in [2.75, 3.05) is 26.3 Å². The molecule has 11 heavy (non-hydrogen) atoms. The third-order valence-corrected chi connectivity index (χ3v) is 2.16. The predicted octanol–water partition coefficient (Wildman–Crippen LogP) is 1.24. The Hall–Kier alpha value is -0.0800. The second-order valence-corrected chi connectivity index (χ2v) is 3.19. The fraction of sp³-hybridized carbons (Fsp3) is 0.889. The molecule has 0 aromatic heterocycles. The lowest BCUT2D eigenvalue weighted by Gasteiger charge is -2.12. The second-order valence-electron chi connectivity index (χ2n) is 3.19. The van der Waals surface area contributed by atoms with Crippen molar-refractivity contribution >= 4 is 0 Å². The van der Waals surface area contributed by atoms with Crippen molar-refractivity contribution in [2.45, 2.75) is 25.7 Å². The summed E-state index contributed by atoms with van der Waals surface area (Å²) in [5, 5.41) is 3.33. The summed E-state index contributed by atoms with van der Waals surface area (Å²) in [6.07, 6.45) is 5.08. The molecule has 1 aliphatic rings. The van der Waals surface area contributed by atoms with E-state index in [0.717, 1.165) is 13.1 Å². The van der Waals surface area contributed by atoms with Gasteiger partial charge in [0.2, 0.25) is 0 Å². The summed E-state index contributed by atoms with van der Waals surface area (Å²) in [4.78, 5) is 2.48. The summed E-state index contributed by atoms with van der Waals surface area (Å²) in [5.74, 6) is 0. The standard InChI is InChI=1S/C9H19N2/c1-2-3-4-5-7-11-8-6-10-9-11/h10H,1-9H2. The van der Waals surface area contributed by atoms with Gasteiger partial charge in [0.25, 0.3) is 0 Å². The first-order chi connectivity index (χ1) is 5.43. The van der Waals surface area contributed by atoms with Crippen LogP contribution < -0.4 is 5.32 Å². The van der Waals surface area contributed by atoms with Gasteiger partial charge >= 0.3 is 0 Å². The number of rotatable bonds is 5. The summed E-state index contributed by atoms with van der Waals surface area (Å²) >= 11 is 0. The molecule has 0 aliphatic carbocycles. The zero-order valence-electron chi connectivity index (χ0n) is 7.31. The van der Waals surface area contributed by atoms with Crippen molar-refractivity contribution in [3.63, 3.8) is 0 Å². The van der Waals surface area contributed by atoms with E-state index in [2.05, 4.69) is 17.1 Å². The van der Waals surface area contributed by atoms with Crippen molar-refractivity contribution < 1.29 is 0 Å². The molecule has 1 heterocycles. The maximum atomic E-state index is 3.83. The highest BCUT2D eigenvalue weighted by atomic mass is 15.3. The van der Waals surface area contributed by atoms with E-state index in [9.17, 15) is 0 Å². The topological polar surface area (TPSA) is 15.3 Å². The molecule has 1 rings (SSSR count). The molecule has 0 spiro atoms. The first-order valence-corrected chi connectivity index (χ1v) is 4.66. The van der Waals surface area contributed by atoms with Crippen molar-refractivity contribution in [1.29, 1.82) is 0 Å². The summed E-state index contributed by atoms with van der Waals surface area (Å²) in [6, 6.07) is 0. The van der Waals surface area contributed by atoms with Gasteiger partial charge in [-0.1, -0.05) is 26.2 Å². The van der Waals surface area contributed by atoms with Crippen molar-refractivity contribution in [3.8, 4) is 0 Å². The minimum atomic E-state index is 1.10. The molecule has 0 atom stereocenters. The molecule has 2 nitrogen and oxygen atoms in total. The van der Waals surface area contributed by atoms with Crippen LogP contribution in [0.15, 0.2) is 0 Å². The van der Waals surface area contributed by atoms with E-state index in [4.69, 9.17) is 0 Å². The summed E-state index contributed by atoms with van der Waals surface area (Å²) in [7, 11) is 0. The Labute approximate surface area is 70.0 Å². The van der Waals surface area contributed by atoms with E-state index in [0.29, 0.717) is 0 Å². The Kier molecular flexibility index (Phi) is 4.55. The van der Waals surface area contributed by atoms with Gasteiger partial charge in [-0.15, -0.1) is 0 Å². The van der Waals surface area contributed by atoms with E-state index in [1.54, 1.807) is 0 Å². The highest BCUT2D eigenvalue weighted by Gasteiger charge is 2.08. The van der Waals surface area contributed by atoms with Crippen LogP contribution in [0.3, 0.4) is 0 Å². The van der Waals surface area contributed by atoms with E-state index < -0.39 is 0 Å². The van der Waals surface area contributed by atoms with Gasteiger partial charge in [-0.05, 0) is 13.0 Å². The molecular weight excluding hydrogens is 136 g/mol. The van der Waals surface area contributed by atoms with E-state index in [1.807, 2.05) is 0 Å². The molecule has 1 N–H and O–H groups in total. The third-order valence-electron chi connectivity index (χ3n) is 2.16. The lowest BCUT2D eigenvalue weighted by atomic mass is 10.2. The van der Waals surface area contributed by atoms with Crippen LogP contribution >= 0.6 is 0 Å². The van der Waals surface area contributed by atoms with Gasteiger partial charge in [0, 0.05) is 19.8 Å². The van der Waals surface area contributed by atoms with Crippen LogP contribution in [0, 0.1) is 6.92 Å². The van der Waals surface area contributed by atoms with E-state index >= 15 is 0 Å². The Morgan fingerprint density at radius 3 is 2.82 bits per heavy atom. The monoisotopic (exact) mass is 155 g/mol. The van der Waals surface area contributed by atoms with Gasteiger partial charge in [0.15, 0.2) is 0 Å². The number of hydrogen-bond donors (Lipinski definition) is 1. The molecule has 0 unspecified atom stereocenters. The molecule has 2 heteroatoms. The average molecular weight is 155 g/mol. The normalized spacial score (nSPS) is 19.4. The molecule has 0 aromatic carbocycles. The maximum Gasteiger partial charge on any atom is 0.0481 e. The van der Waals surface area contributed by atoms with Crippen molar-refractivity contribution in [3.05, 3.63) is 6.92 Å². The molecule has 0 aromatic rings. The van der Waals surface area contributed by atoms with Gasteiger partial charge < -0.3 is 5.32 Å². The zero-order valence-corrected chi connectivity index (χ0v) is 7.31. The second kappa shape index (κ2) is 5.56. The predicted molar refractivity (Wildman–Crippen MR) is 48.3 cm³/mol. The van der Waals surface area contributed by atoms with Gasteiger partial charge in [-0.2, -0.15) is 0 Å². The molecule has 65 valence electrons. The zero-order chi connectivity index (χ0) is 7.94. The molecule has 0 amide bonds. The van der Waals surface area contributed by atoms with Gasteiger partial charge in [-0.3, -0.25) is 4.90 Å². The smallest absolute Gasteiger partial charge is 0.0481 e. The highest BCUT2D eigenvalue weighted by molar-refractivity contribution is 4.65. The van der Waals surface area contributed by atoms with E-state index in [1.165, 1.54) is 38.9 Å². The first-order valence-electron chi connectivity index (χ1n) is 4.66. The minimum Gasteiger partial charge on any atom is -0.303 e. The Bertz CT molecular complexity index is 87.6. The Balaban J connectivity index is 1.86. The van der Waals surface area contributed by atoms with Gasteiger partial charge in [0.05, 0.1) is 0 Å². The van der Waals surface area contributed by atoms with Crippen LogP contribution in [0.1, 0.15) is 25.7 Å². The lowest BCUT2D eigenvalue weighted by molar-refractivity contribution is 0.325. The lowest BCUT2D eigenvalue weighted by Crippen LogP contribution is -2.22. The molecule has 1 fully saturated rings. The van der Waals surface area contributed by atoms with Crippen LogP contribution in [-0.2, 0) is 0 Å². The highest BCUT2D eigenvalue weighted by Crippen LogP contribution is 2.01. The SMILES string of the molecule is [CH2]CCCCCN1CCNC1. The largest absolute Gasteiger partial charge is 0.303 e. The minimum absolute atomic E-state index is 1.10. The molecule has 1 radical (unpaired) electrons. The van der Waals surface area contributed by atoms with Crippen LogP contribution in [-0.4, -0.2) is 31.2 Å². The molecule has 0 saturated carbocycles. The van der Waals surface area contributed by atoms with Crippen molar-refractivity contribution in [1.82, 2.24) is 10.2 Å². The average Bonchev–Trinajstić information content (AvgIpc) is 2.50. The number of hydrogen-bond acceptors (Lipinski definition) is 2. The summed E-state index contributed by atoms with van der Waals surface area (Å²) in [6.45, 7) is 8.62. The first kappa shape index (κ1) is 9.01. The fourth-order valence-corrected chi connectivity index (χ4v) is 1.43. The quantitative estimate of drug-likeness (QED) is 0.601. The van der Waals surface area contributed by atoms with Crippen molar-refractivity contribution in [2.24, 2.45) is 0 Å². The molecule has 1 aliphatic heterocycles. The van der Waals surface area contributed by atoms with Crippen LogP contribution in [0.25, 0.3) is 0 Å². The molecular formula is C9H19N2. The summed E-state index contributed by atoms with van der Waals surface area (Å²) < 4.78 is 0. The van der Waals surface area contributed by atoms with Crippen LogP contribution in [0.5, 0.6) is 0 Å². The number of nitrogens with one attached hydrogen (secondary N) is 1. The molecule has 1 saturated heterocycles. The molecule has 0 bridgehead atoms. The maximum absolute atomic E-state index is 3.83. The number of nitrogens with zero attached hydrogens (tertiary/aromatic N) is 1. The summed E-state index contributed by atoms with van der Waals surface area (Å²) in [5.41, 5.74) is 0. The Morgan fingerprint density at radius 1 is 1.27 bits per heavy atom. The van der Waals surface area contributed by atoms with Crippen LogP contribution in [0.2, 0.25) is 0 Å².